The summed E-state index contributed by atoms with van der Waals surface area (Å²) in [6.07, 6.45) is 4.71. The summed E-state index contributed by atoms with van der Waals surface area (Å²) in [6, 6.07) is 7.17. The van der Waals surface area contributed by atoms with Crippen molar-refractivity contribution in [3.05, 3.63) is 47.6 Å². The van der Waals surface area contributed by atoms with E-state index < -0.39 is 16.0 Å². The molecular weight excluding hydrogens is 334 g/mol. The fourth-order valence-corrected chi connectivity index (χ4v) is 5.64. The first-order chi connectivity index (χ1) is 11.1. The van der Waals surface area contributed by atoms with Crippen molar-refractivity contribution in [3.8, 4) is 0 Å². The number of pyridine rings is 1. The van der Waals surface area contributed by atoms with Crippen LogP contribution in [0, 0.1) is 0 Å². The van der Waals surface area contributed by atoms with Crippen molar-refractivity contribution in [2.24, 2.45) is 5.16 Å². The molecule has 1 fully saturated rings. The largest absolute Gasteiger partial charge is 0.592 e. The number of thiophene rings is 1. The third-order valence-corrected chi connectivity index (χ3v) is 7.42. The van der Waals surface area contributed by atoms with Gasteiger partial charge in [-0.25, -0.2) is 0 Å². The first-order valence-corrected chi connectivity index (χ1v) is 9.60. The summed E-state index contributed by atoms with van der Waals surface area (Å²) < 4.78 is 27.1. The molecule has 0 bridgehead atoms. The molecule has 2 unspecified atom stereocenters. The predicted molar refractivity (Wildman–Crippen MR) is 86.8 cm³/mol. The molecule has 0 saturated carbocycles. The van der Waals surface area contributed by atoms with Gasteiger partial charge < -0.3 is 9.39 Å². The van der Waals surface area contributed by atoms with Gasteiger partial charge in [0, 0.05) is 43.4 Å². The Hall–Kier alpha value is -1.61. The number of hydrogen-bond acceptors (Lipinski definition) is 6. The van der Waals surface area contributed by atoms with Crippen molar-refractivity contribution in [2.75, 3.05) is 13.1 Å². The lowest BCUT2D eigenvalue weighted by Gasteiger charge is -2.24. The summed E-state index contributed by atoms with van der Waals surface area (Å²) in [7, 11) is -3.43. The molecule has 2 aliphatic rings. The molecule has 4 heterocycles. The van der Waals surface area contributed by atoms with Gasteiger partial charge in [0.1, 0.15) is 0 Å². The van der Waals surface area contributed by atoms with Crippen LogP contribution in [-0.4, -0.2) is 38.2 Å². The number of aromatic nitrogens is 1. The van der Waals surface area contributed by atoms with Crippen LogP contribution in [0.2, 0.25) is 0 Å². The van der Waals surface area contributed by atoms with Crippen molar-refractivity contribution in [2.45, 2.75) is 22.7 Å². The highest BCUT2D eigenvalue weighted by molar-refractivity contribution is 7.97. The Morgan fingerprint density at radius 3 is 3.04 bits per heavy atom. The van der Waals surface area contributed by atoms with Crippen LogP contribution in [0.3, 0.4) is 0 Å². The Balaban J connectivity index is 1.51. The van der Waals surface area contributed by atoms with Gasteiger partial charge in [0.15, 0.2) is 16.0 Å². The van der Waals surface area contributed by atoms with E-state index in [9.17, 15) is 8.76 Å². The van der Waals surface area contributed by atoms with E-state index >= 15 is 0 Å². The molecule has 0 aliphatic carbocycles. The second-order valence-electron chi connectivity index (χ2n) is 5.75. The van der Waals surface area contributed by atoms with Gasteiger partial charge in [-0.3, -0.25) is 4.98 Å². The third kappa shape index (κ3) is 2.61. The summed E-state index contributed by atoms with van der Waals surface area (Å²) in [5.74, 6) is 0. The van der Waals surface area contributed by atoms with Gasteiger partial charge in [-0.2, -0.15) is 0 Å². The summed E-state index contributed by atoms with van der Waals surface area (Å²) >= 11 is 1.24. The van der Waals surface area contributed by atoms with Crippen LogP contribution in [0.5, 0.6) is 0 Å². The van der Waals surface area contributed by atoms with Crippen LogP contribution in [0.15, 0.2) is 51.4 Å². The highest BCUT2D eigenvalue weighted by Gasteiger charge is 2.51. The fraction of sp³-hybridized carbons (Fsp3) is 0.333. The lowest BCUT2D eigenvalue weighted by molar-refractivity contribution is -0.00602. The van der Waals surface area contributed by atoms with E-state index in [0.29, 0.717) is 30.1 Å². The fourth-order valence-electron chi connectivity index (χ4n) is 2.98. The summed E-state index contributed by atoms with van der Waals surface area (Å²) in [6.45, 7) is 0.788. The quantitative estimate of drug-likeness (QED) is 0.797. The molecule has 0 N–H and O–H groups in total. The highest BCUT2D eigenvalue weighted by atomic mass is 32.3. The summed E-state index contributed by atoms with van der Waals surface area (Å²) in [5.41, 5.74) is 1.20. The smallest absolute Gasteiger partial charge is 0.229 e. The predicted octanol–water partition coefficient (Wildman–Crippen LogP) is 2.32. The van der Waals surface area contributed by atoms with Gasteiger partial charge in [-0.1, -0.05) is 20.7 Å². The average Bonchev–Trinajstić information content (AvgIpc) is 3.30. The number of oxime groups is 1. The SMILES string of the molecule is O=[S+]([O-])(c1cccs1)N1CCC2(CC(c3cccnc3)=NO2)C1. The number of sulfonamides is 1. The highest BCUT2D eigenvalue weighted by Crippen LogP contribution is 2.39. The molecule has 6 nitrogen and oxygen atoms in total. The molecule has 4 rings (SSSR count). The zero-order chi connectivity index (χ0) is 15.9. The van der Waals surface area contributed by atoms with Crippen molar-refractivity contribution < 1.29 is 13.6 Å². The molecule has 120 valence electrons. The number of hydrogen-bond donors (Lipinski definition) is 0. The van der Waals surface area contributed by atoms with E-state index in [2.05, 4.69) is 10.1 Å². The Kier molecular flexibility index (Phi) is 3.56. The molecule has 2 aliphatic heterocycles. The monoisotopic (exact) mass is 349 g/mol. The van der Waals surface area contributed by atoms with E-state index in [-0.39, 0.29) is 0 Å². The number of nitrogens with zero attached hydrogens (tertiary/aromatic N) is 3. The van der Waals surface area contributed by atoms with E-state index in [4.69, 9.17) is 4.84 Å². The lowest BCUT2D eigenvalue weighted by Crippen LogP contribution is -2.39. The second kappa shape index (κ2) is 5.48. The van der Waals surface area contributed by atoms with Crippen molar-refractivity contribution in [1.29, 1.82) is 0 Å². The summed E-state index contributed by atoms with van der Waals surface area (Å²) in [4.78, 5) is 9.76. The Morgan fingerprint density at radius 1 is 1.39 bits per heavy atom. The minimum atomic E-state index is -3.43. The van der Waals surface area contributed by atoms with Crippen LogP contribution in [0.4, 0.5) is 0 Å². The first kappa shape index (κ1) is 14.9. The van der Waals surface area contributed by atoms with Crippen molar-refractivity contribution >= 4 is 27.4 Å². The van der Waals surface area contributed by atoms with Gasteiger partial charge in [0.05, 0.1) is 12.3 Å². The standard InChI is InChI=1S/C15H15N3O3S2/c19-23(20,14-4-2-8-22-14)18-7-5-15(11-18)9-13(17-21-15)12-3-1-6-16-10-12/h1-4,6,8,10H,5,7,9,11H2. The van der Waals surface area contributed by atoms with Gasteiger partial charge in [0.2, 0.25) is 4.21 Å². The van der Waals surface area contributed by atoms with Gasteiger partial charge in [-0.05, 0) is 23.6 Å². The molecule has 8 heteroatoms. The third-order valence-electron chi connectivity index (χ3n) is 4.20. The van der Waals surface area contributed by atoms with Crippen molar-refractivity contribution in [1.82, 2.24) is 9.29 Å². The Morgan fingerprint density at radius 2 is 2.30 bits per heavy atom. The van der Waals surface area contributed by atoms with Crippen LogP contribution >= 0.6 is 11.3 Å². The maximum Gasteiger partial charge on any atom is 0.229 e. The van der Waals surface area contributed by atoms with Crippen LogP contribution in [-0.2, 0) is 19.4 Å². The zero-order valence-electron chi connectivity index (χ0n) is 12.3. The number of rotatable bonds is 3. The second-order valence-corrected chi connectivity index (χ2v) is 8.86. The maximum atomic E-state index is 12.6. The Labute approximate surface area is 139 Å². The molecule has 1 spiro atoms. The molecule has 0 amide bonds. The van der Waals surface area contributed by atoms with Gasteiger partial charge in [0.25, 0.3) is 0 Å². The topological polar surface area (TPSA) is 77.9 Å². The van der Waals surface area contributed by atoms with E-state index in [1.807, 2.05) is 12.1 Å². The Bertz CT molecular complexity index is 779. The zero-order valence-corrected chi connectivity index (χ0v) is 13.9. The van der Waals surface area contributed by atoms with Crippen LogP contribution in [0.25, 0.3) is 0 Å². The maximum absolute atomic E-state index is 12.6. The van der Waals surface area contributed by atoms with Crippen molar-refractivity contribution in [3.63, 3.8) is 0 Å². The minimum Gasteiger partial charge on any atom is -0.592 e. The van der Waals surface area contributed by atoms with Gasteiger partial charge >= 0.3 is 0 Å². The van der Waals surface area contributed by atoms with E-state index in [1.54, 1.807) is 29.9 Å². The molecule has 0 radical (unpaired) electrons. The molecule has 0 aromatic carbocycles. The normalized spacial score (nSPS) is 26.9. The molecular formula is C15H15N3O3S2. The molecule has 2 atom stereocenters. The average molecular weight is 349 g/mol. The van der Waals surface area contributed by atoms with E-state index in [1.165, 1.54) is 15.6 Å². The van der Waals surface area contributed by atoms with Gasteiger partial charge in [-0.15, -0.1) is 4.31 Å². The first-order valence-electron chi connectivity index (χ1n) is 7.28. The molecule has 23 heavy (non-hydrogen) atoms. The lowest BCUT2D eigenvalue weighted by atomic mass is 9.94. The van der Waals surface area contributed by atoms with Crippen LogP contribution < -0.4 is 0 Å². The molecule has 2 aromatic rings. The summed E-state index contributed by atoms with van der Waals surface area (Å²) in [5, 5.41) is 5.95. The minimum absolute atomic E-state index is 0.334. The molecule has 1 saturated heterocycles. The molecule has 2 aromatic heterocycles. The van der Waals surface area contributed by atoms with Crippen LogP contribution in [0.1, 0.15) is 18.4 Å². The van der Waals surface area contributed by atoms with E-state index in [0.717, 1.165) is 11.3 Å².